The minimum atomic E-state index is -0.589. The first kappa shape index (κ1) is 25.2. The number of carbonyl (C=O) groups is 2. The maximum atomic E-state index is 13.8. The second-order valence-corrected chi connectivity index (χ2v) is 9.10. The van der Waals surface area contributed by atoms with Crippen LogP contribution < -0.4 is 5.32 Å². The Morgan fingerprint density at radius 3 is 2.24 bits per heavy atom. The van der Waals surface area contributed by atoms with Gasteiger partial charge in [0, 0.05) is 19.5 Å². The Labute approximate surface area is 204 Å². The van der Waals surface area contributed by atoms with E-state index in [0.717, 1.165) is 34.2 Å². The molecule has 2 amide bonds. The smallest absolute Gasteiger partial charge is 0.243 e. The van der Waals surface area contributed by atoms with Crippen LogP contribution in [0.5, 0.6) is 0 Å². The second kappa shape index (κ2) is 12.2. The second-order valence-electron chi connectivity index (χ2n) is 9.10. The molecule has 3 aromatic rings. The van der Waals surface area contributed by atoms with Gasteiger partial charge in [0.15, 0.2) is 0 Å². The number of amides is 2. The normalized spacial score (nSPS) is 11.6. The van der Waals surface area contributed by atoms with E-state index in [9.17, 15) is 9.59 Å². The summed E-state index contributed by atoms with van der Waals surface area (Å²) in [6.45, 7) is 9.18. The number of carbonyl (C=O) groups excluding carboxylic acids is 2. The van der Waals surface area contributed by atoms with Crippen LogP contribution in [0.4, 0.5) is 0 Å². The summed E-state index contributed by atoms with van der Waals surface area (Å²) in [6, 6.07) is 23.6. The van der Waals surface area contributed by atoms with E-state index >= 15 is 0 Å². The molecule has 3 rings (SSSR count). The molecule has 178 valence electrons. The fourth-order valence-electron chi connectivity index (χ4n) is 4.12. The topological polar surface area (TPSA) is 49.4 Å². The number of hydrogen-bond donors (Lipinski definition) is 1. The Kier molecular flexibility index (Phi) is 9.03. The standard InChI is InChI=1S/C30H36N2O2/c1-5-16-31-30(34)28(19-25-11-7-6-8-12-25)32(21-27-13-9-10-22(2)17-27)29(33)20-26-15-14-23(3)24(4)18-26/h6-15,17-18,28H,5,16,19-21H2,1-4H3,(H,31,34)/t28-/m0/s1. The molecule has 0 fully saturated rings. The highest BCUT2D eigenvalue weighted by molar-refractivity contribution is 5.88. The van der Waals surface area contributed by atoms with Crippen molar-refractivity contribution in [3.8, 4) is 0 Å². The van der Waals surface area contributed by atoms with Gasteiger partial charge in [0.25, 0.3) is 0 Å². The summed E-state index contributed by atoms with van der Waals surface area (Å²) in [6.07, 6.45) is 1.58. The van der Waals surface area contributed by atoms with Crippen molar-refractivity contribution in [2.45, 2.75) is 59.5 Å². The first-order valence-corrected chi connectivity index (χ1v) is 12.1. The van der Waals surface area contributed by atoms with Gasteiger partial charge in [-0.2, -0.15) is 0 Å². The molecule has 1 atom stereocenters. The Morgan fingerprint density at radius 2 is 1.56 bits per heavy atom. The lowest BCUT2D eigenvalue weighted by atomic mass is 10.00. The van der Waals surface area contributed by atoms with E-state index in [1.807, 2.05) is 68.4 Å². The van der Waals surface area contributed by atoms with Crippen LogP contribution in [-0.2, 0) is 29.0 Å². The molecule has 0 spiro atoms. The van der Waals surface area contributed by atoms with Crippen LogP contribution in [0.25, 0.3) is 0 Å². The van der Waals surface area contributed by atoms with Crippen molar-refractivity contribution < 1.29 is 9.59 Å². The van der Waals surface area contributed by atoms with E-state index in [1.54, 1.807) is 4.90 Å². The van der Waals surface area contributed by atoms with Crippen LogP contribution in [0, 0.1) is 20.8 Å². The molecule has 0 aliphatic carbocycles. The third-order valence-electron chi connectivity index (χ3n) is 6.18. The Hall–Kier alpha value is -3.40. The van der Waals surface area contributed by atoms with E-state index in [0.29, 0.717) is 19.5 Å². The van der Waals surface area contributed by atoms with Gasteiger partial charge in [-0.15, -0.1) is 0 Å². The molecule has 3 aromatic carbocycles. The maximum Gasteiger partial charge on any atom is 0.243 e. The third-order valence-corrected chi connectivity index (χ3v) is 6.18. The number of nitrogens with one attached hydrogen (secondary N) is 1. The molecule has 0 saturated carbocycles. The van der Waals surface area contributed by atoms with Gasteiger partial charge in [-0.05, 0) is 55.0 Å². The SMILES string of the molecule is CCCNC(=O)[C@H](Cc1ccccc1)N(Cc1cccc(C)c1)C(=O)Cc1ccc(C)c(C)c1. The zero-order chi connectivity index (χ0) is 24.5. The van der Waals surface area contributed by atoms with Gasteiger partial charge >= 0.3 is 0 Å². The van der Waals surface area contributed by atoms with Crippen molar-refractivity contribution in [3.05, 3.63) is 106 Å². The molecule has 0 radical (unpaired) electrons. The average Bonchev–Trinajstić information content (AvgIpc) is 2.82. The summed E-state index contributed by atoms with van der Waals surface area (Å²) in [5, 5.41) is 3.03. The highest BCUT2D eigenvalue weighted by Gasteiger charge is 2.30. The zero-order valence-electron chi connectivity index (χ0n) is 20.8. The first-order chi connectivity index (χ1) is 16.4. The summed E-state index contributed by atoms with van der Waals surface area (Å²) in [5.41, 5.74) is 6.52. The zero-order valence-corrected chi connectivity index (χ0v) is 20.8. The number of aryl methyl sites for hydroxylation is 3. The van der Waals surface area contributed by atoms with E-state index < -0.39 is 6.04 Å². The maximum absolute atomic E-state index is 13.8. The molecule has 0 saturated heterocycles. The molecule has 4 nitrogen and oxygen atoms in total. The molecule has 4 heteroatoms. The first-order valence-electron chi connectivity index (χ1n) is 12.1. The molecule has 0 aromatic heterocycles. The predicted molar refractivity (Wildman–Crippen MR) is 139 cm³/mol. The lowest BCUT2D eigenvalue weighted by Crippen LogP contribution is -2.51. The van der Waals surface area contributed by atoms with Crippen LogP contribution in [0.15, 0.2) is 72.8 Å². The van der Waals surface area contributed by atoms with Crippen molar-refractivity contribution in [1.82, 2.24) is 10.2 Å². The number of benzene rings is 3. The molecular formula is C30H36N2O2. The van der Waals surface area contributed by atoms with Crippen molar-refractivity contribution >= 4 is 11.8 Å². The van der Waals surface area contributed by atoms with Gasteiger partial charge in [-0.3, -0.25) is 9.59 Å². The van der Waals surface area contributed by atoms with Crippen molar-refractivity contribution in [2.75, 3.05) is 6.54 Å². The minimum Gasteiger partial charge on any atom is -0.354 e. The largest absolute Gasteiger partial charge is 0.354 e. The van der Waals surface area contributed by atoms with E-state index in [4.69, 9.17) is 0 Å². The van der Waals surface area contributed by atoms with Crippen LogP contribution >= 0.6 is 0 Å². The highest BCUT2D eigenvalue weighted by Crippen LogP contribution is 2.18. The van der Waals surface area contributed by atoms with E-state index in [2.05, 4.69) is 37.4 Å². The van der Waals surface area contributed by atoms with Crippen LogP contribution in [0.1, 0.15) is 46.7 Å². The molecule has 34 heavy (non-hydrogen) atoms. The van der Waals surface area contributed by atoms with Crippen LogP contribution in [0.2, 0.25) is 0 Å². The average molecular weight is 457 g/mol. The lowest BCUT2D eigenvalue weighted by Gasteiger charge is -2.32. The van der Waals surface area contributed by atoms with Crippen molar-refractivity contribution in [2.24, 2.45) is 0 Å². The summed E-state index contributed by atoms with van der Waals surface area (Å²) >= 11 is 0. The molecular weight excluding hydrogens is 420 g/mol. The third kappa shape index (κ3) is 7.05. The van der Waals surface area contributed by atoms with E-state index in [-0.39, 0.29) is 18.2 Å². The van der Waals surface area contributed by atoms with Crippen molar-refractivity contribution in [3.63, 3.8) is 0 Å². The molecule has 0 bridgehead atoms. The minimum absolute atomic E-state index is 0.0441. The predicted octanol–water partition coefficient (Wildman–Crippen LogP) is 5.32. The molecule has 0 aliphatic rings. The highest BCUT2D eigenvalue weighted by atomic mass is 16.2. The van der Waals surface area contributed by atoms with Gasteiger partial charge in [-0.25, -0.2) is 0 Å². The van der Waals surface area contributed by atoms with Gasteiger partial charge in [-0.1, -0.05) is 85.3 Å². The molecule has 0 aliphatic heterocycles. The Balaban J connectivity index is 1.96. The van der Waals surface area contributed by atoms with Crippen LogP contribution in [-0.4, -0.2) is 29.3 Å². The van der Waals surface area contributed by atoms with Gasteiger partial charge in [0.2, 0.25) is 11.8 Å². The summed E-state index contributed by atoms with van der Waals surface area (Å²) in [5.74, 6) is -0.149. The Bertz CT molecular complexity index is 1110. The number of rotatable bonds is 10. The summed E-state index contributed by atoms with van der Waals surface area (Å²) < 4.78 is 0. The Morgan fingerprint density at radius 1 is 0.824 bits per heavy atom. The lowest BCUT2D eigenvalue weighted by molar-refractivity contribution is -0.140. The fourth-order valence-corrected chi connectivity index (χ4v) is 4.12. The van der Waals surface area contributed by atoms with Gasteiger partial charge in [0.05, 0.1) is 6.42 Å². The number of hydrogen-bond acceptors (Lipinski definition) is 2. The molecule has 1 N–H and O–H groups in total. The van der Waals surface area contributed by atoms with Crippen molar-refractivity contribution in [1.29, 1.82) is 0 Å². The monoisotopic (exact) mass is 456 g/mol. The van der Waals surface area contributed by atoms with Gasteiger partial charge in [0.1, 0.15) is 6.04 Å². The fraction of sp³-hybridized carbons (Fsp3) is 0.333. The van der Waals surface area contributed by atoms with Gasteiger partial charge < -0.3 is 10.2 Å². The molecule has 0 heterocycles. The van der Waals surface area contributed by atoms with E-state index in [1.165, 1.54) is 5.56 Å². The quantitative estimate of drug-likeness (QED) is 0.449. The summed E-state index contributed by atoms with van der Waals surface area (Å²) in [4.78, 5) is 28.9. The van der Waals surface area contributed by atoms with Crippen LogP contribution in [0.3, 0.4) is 0 Å². The summed E-state index contributed by atoms with van der Waals surface area (Å²) in [7, 11) is 0. The number of nitrogens with zero attached hydrogens (tertiary/aromatic N) is 1. The molecule has 0 unspecified atom stereocenters.